The molecule has 1 aromatic carbocycles. The molecule has 0 unspecified atom stereocenters. The third-order valence-corrected chi connectivity index (χ3v) is 3.14. The van der Waals surface area contributed by atoms with Crippen molar-refractivity contribution in [1.82, 2.24) is 4.98 Å². The first-order valence-corrected chi connectivity index (χ1v) is 5.22. The number of hydrogen-bond acceptors (Lipinski definition) is 2. The van der Waals surface area contributed by atoms with Crippen LogP contribution in [0.15, 0.2) is 24.3 Å². The van der Waals surface area contributed by atoms with Gasteiger partial charge in [-0.15, -0.1) is 0 Å². The number of fused-ring (bicyclic) bond motifs is 2. The maximum absolute atomic E-state index is 11.8. The van der Waals surface area contributed by atoms with Crippen molar-refractivity contribution in [2.24, 2.45) is 0 Å². The number of pyridine rings is 1. The van der Waals surface area contributed by atoms with Gasteiger partial charge in [0.25, 0.3) is 0 Å². The van der Waals surface area contributed by atoms with E-state index in [-0.39, 0.29) is 5.91 Å². The molecular formula is C13H11N2O. The van der Waals surface area contributed by atoms with Crippen LogP contribution in [0.3, 0.4) is 0 Å². The zero-order valence-corrected chi connectivity index (χ0v) is 9.16. The van der Waals surface area contributed by atoms with Gasteiger partial charge in [0.1, 0.15) is 5.82 Å². The Kier molecular flexibility index (Phi) is 1.64. The van der Waals surface area contributed by atoms with Crippen molar-refractivity contribution >= 4 is 22.6 Å². The number of hydrogen-bond donors (Lipinski definition) is 1. The van der Waals surface area contributed by atoms with E-state index in [1.165, 1.54) is 0 Å². The third kappa shape index (κ3) is 1.08. The molecule has 0 saturated heterocycles. The van der Waals surface area contributed by atoms with Crippen molar-refractivity contribution in [3.8, 4) is 0 Å². The Labute approximate surface area is 93.5 Å². The van der Waals surface area contributed by atoms with Gasteiger partial charge in [0.15, 0.2) is 0 Å². The Morgan fingerprint density at radius 2 is 2.25 bits per heavy atom. The second-order valence-electron chi connectivity index (χ2n) is 4.58. The molecule has 0 atom stereocenters. The van der Waals surface area contributed by atoms with Crippen LogP contribution in [0, 0.1) is 6.07 Å². The number of amides is 1. The van der Waals surface area contributed by atoms with E-state index in [0.717, 1.165) is 16.5 Å². The van der Waals surface area contributed by atoms with Crippen LogP contribution in [0.5, 0.6) is 0 Å². The smallest absolute Gasteiger partial charge is 0.235 e. The summed E-state index contributed by atoms with van der Waals surface area (Å²) in [5, 5.41) is 3.86. The summed E-state index contributed by atoms with van der Waals surface area (Å²) in [4.78, 5) is 16.2. The lowest BCUT2D eigenvalue weighted by atomic mass is 9.86. The summed E-state index contributed by atoms with van der Waals surface area (Å²) < 4.78 is 0. The van der Waals surface area contributed by atoms with Crippen molar-refractivity contribution in [3.63, 3.8) is 0 Å². The summed E-state index contributed by atoms with van der Waals surface area (Å²) in [6.07, 6.45) is 0. The quantitative estimate of drug-likeness (QED) is 0.726. The fourth-order valence-electron chi connectivity index (χ4n) is 2.01. The van der Waals surface area contributed by atoms with Gasteiger partial charge in [-0.05, 0) is 32.0 Å². The van der Waals surface area contributed by atoms with Crippen molar-refractivity contribution < 1.29 is 4.79 Å². The highest BCUT2D eigenvalue weighted by Gasteiger charge is 2.39. The number of aromatic nitrogens is 1. The van der Waals surface area contributed by atoms with Crippen LogP contribution in [-0.4, -0.2) is 10.9 Å². The van der Waals surface area contributed by atoms with E-state index in [0.29, 0.717) is 5.82 Å². The largest absolute Gasteiger partial charge is 0.310 e. The molecule has 16 heavy (non-hydrogen) atoms. The molecule has 2 aromatic rings. The van der Waals surface area contributed by atoms with Crippen LogP contribution in [0.25, 0.3) is 10.9 Å². The highest BCUT2D eigenvalue weighted by atomic mass is 16.2. The van der Waals surface area contributed by atoms with E-state index in [1.807, 2.05) is 38.1 Å². The number of nitrogens with one attached hydrogen (secondary N) is 1. The van der Waals surface area contributed by atoms with Crippen LogP contribution < -0.4 is 5.32 Å². The molecule has 2 heterocycles. The average Bonchev–Trinajstić information content (AvgIpc) is 2.48. The summed E-state index contributed by atoms with van der Waals surface area (Å²) in [6.45, 7) is 3.83. The lowest BCUT2D eigenvalue weighted by Gasteiger charge is -2.14. The second kappa shape index (κ2) is 2.82. The molecule has 1 N–H and O–H groups in total. The fraction of sp³-hybridized carbons (Fsp3) is 0.231. The van der Waals surface area contributed by atoms with E-state index < -0.39 is 5.41 Å². The highest BCUT2D eigenvalue weighted by Crippen LogP contribution is 2.37. The fourth-order valence-corrected chi connectivity index (χ4v) is 2.01. The van der Waals surface area contributed by atoms with Crippen LogP contribution in [0.1, 0.15) is 19.4 Å². The Balaban J connectivity index is 2.35. The molecule has 1 radical (unpaired) electrons. The van der Waals surface area contributed by atoms with Gasteiger partial charge in [-0.3, -0.25) is 4.79 Å². The van der Waals surface area contributed by atoms with Crippen molar-refractivity contribution in [2.45, 2.75) is 19.3 Å². The van der Waals surface area contributed by atoms with Gasteiger partial charge >= 0.3 is 0 Å². The van der Waals surface area contributed by atoms with Crippen molar-refractivity contribution in [1.29, 1.82) is 0 Å². The maximum Gasteiger partial charge on any atom is 0.235 e. The summed E-state index contributed by atoms with van der Waals surface area (Å²) in [5.41, 5.74) is 1.34. The Hall–Kier alpha value is -1.90. The van der Waals surface area contributed by atoms with Gasteiger partial charge in [0.2, 0.25) is 5.91 Å². The molecule has 0 spiro atoms. The van der Waals surface area contributed by atoms with E-state index in [2.05, 4.69) is 16.4 Å². The number of carbonyl (C=O) groups is 1. The van der Waals surface area contributed by atoms with Gasteiger partial charge in [0, 0.05) is 10.9 Å². The minimum Gasteiger partial charge on any atom is -0.310 e. The van der Waals surface area contributed by atoms with Gasteiger partial charge in [-0.25, -0.2) is 4.98 Å². The number of anilines is 1. The Bertz CT molecular complexity index is 602. The van der Waals surface area contributed by atoms with Crippen molar-refractivity contribution in [3.05, 3.63) is 35.9 Å². The lowest BCUT2D eigenvalue weighted by molar-refractivity contribution is -0.119. The molecule has 3 rings (SSSR count). The van der Waals surface area contributed by atoms with E-state index in [9.17, 15) is 4.79 Å². The first kappa shape index (κ1) is 9.33. The number of carbonyl (C=O) groups excluding carboxylic acids is 1. The van der Waals surface area contributed by atoms with Crippen LogP contribution in [-0.2, 0) is 10.2 Å². The molecule has 1 aromatic heterocycles. The summed E-state index contributed by atoms with van der Waals surface area (Å²) in [7, 11) is 0. The molecule has 1 aliphatic rings. The number of rotatable bonds is 0. The molecule has 0 aliphatic carbocycles. The topological polar surface area (TPSA) is 42.0 Å². The summed E-state index contributed by atoms with van der Waals surface area (Å²) >= 11 is 0. The molecule has 0 fully saturated rings. The van der Waals surface area contributed by atoms with Crippen LogP contribution >= 0.6 is 0 Å². The Morgan fingerprint density at radius 1 is 1.44 bits per heavy atom. The standard InChI is InChI=1S/C13H11N2O/c1-13(2)9-7-8-5-3-4-6-10(8)14-11(9)15-12(13)16/h3,5-7H,1-2H3,(H,14,15,16). The zero-order valence-electron chi connectivity index (χ0n) is 9.16. The van der Waals surface area contributed by atoms with Gasteiger partial charge in [-0.1, -0.05) is 12.1 Å². The number of nitrogens with zero attached hydrogens (tertiary/aromatic N) is 1. The van der Waals surface area contributed by atoms with E-state index in [4.69, 9.17) is 0 Å². The van der Waals surface area contributed by atoms with E-state index in [1.54, 1.807) is 0 Å². The molecule has 1 aliphatic heterocycles. The average molecular weight is 211 g/mol. The molecule has 1 amide bonds. The minimum absolute atomic E-state index is 0.00860. The minimum atomic E-state index is -0.490. The van der Waals surface area contributed by atoms with Crippen molar-refractivity contribution in [2.75, 3.05) is 5.32 Å². The van der Waals surface area contributed by atoms with Gasteiger partial charge in [-0.2, -0.15) is 0 Å². The lowest BCUT2D eigenvalue weighted by Crippen LogP contribution is -2.26. The monoisotopic (exact) mass is 211 g/mol. The highest BCUT2D eigenvalue weighted by molar-refractivity contribution is 6.06. The molecule has 79 valence electrons. The second-order valence-corrected chi connectivity index (χ2v) is 4.58. The SMILES string of the molecule is CC1(C)C(=O)Nc2nc3c[c]ccc3cc21. The third-order valence-electron chi connectivity index (χ3n) is 3.14. The molecule has 3 nitrogen and oxygen atoms in total. The molecule has 0 bridgehead atoms. The Morgan fingerprint density at radius 3 is 3.06 bits per heavy atom. The molecular weight excluding hydrogens is 200 g/mol. The van der Waals surface area contributed by atoms with E-state index >= 15 is 0 Å². The maximum atomic E-state index is 11.8. The van der Waals surface area contributed by atoms with Crippen LogP contribution in [0.4, 0.5) is 5.82 Å². The zero-order chi connectivity index (χ0) is 11.3. The van der Waals surface area contributed by atoms with Crippen LogP contribution in [0.2, 0.25) is 0 Å². The summed E-state index contributed by atoms with van der Waals surface area (Å²) in [6, 6.07) is 10.7. The summed E-state index contributed by atoms with van der Waals surface area (Å²) in [5.74, 6) is 0.691. The first-order chi connectivity index (χ1) is 7.59. The predicted octanol–water partition coefficient (Wildman–Crippen LogP) is 2.26. The predicted molar refractivity (Wildman–Crippen MR) is 62.2 cm³/mol. The number of benzene rings is 1. The van der Waals surface area contributed by atoms with Gasteiger partial charge in [0.05, 0.1) is 10.9 Å². The van der Waals surface area contributed by atoms with Gasteiger partial charge < -0.3 is 5.32 Å². The molecule has 3 heteroatoms. The first-order valence-electron chi connectivity index (χ1n) is 5.22. The molecule has 0 saturated carbocycles. The normalized spacial score (nSPS) is 17.2.